The second kappa shape index (κ2) is 10.1. The van der Waals surface area contributed by atoms with E-state index in [2.05, 4.69) is 57.9 Å². The summed E-state index contributed by atoms with van der Waals surface area (Å²) in [5.74, 6) is 2.52. The third-order valence-corrected chi connectivity index (χ3v) is 7.20. The minimum atomic E-state index is -0.512. The van der Waals surface area contributed by atoms with Gasteiger partial charge < -0.3 is 14.6 Å². The van der Waals surface area contributed by atoms with Gasteiger partial charge in [0.05, 0.1) is 6.04 Å². The molecule has 0 spiro atoms. The number of carbonyl (C=O) groups is 1. The van der Waals surface area contributed by atoms with Gasteiger partial charge in [-0.2, -0.15) is 0 Å². The van der Waals surface area contributed by atoms with Gasteiger partial charge >= 0.3 is 6.09 Å². The van der Waals surface area contributed by atoms with Gasteiger partial charge in [0.2, 0.25) is 0 Å². The van der Waals surface area contributed by atoms with E-state index in [0.29, 0.717) is 24.0 Å². The molecule has 0 radical (unpaired) electrons. The largest absolute Gasteiger partial charge is 0.444 e. The lowest BCUT2D eigenvalue weighted by molar-refractivity contribution is 0.0488. The summed E-state index contributed by atoms with van der Waals surface area (Å²) >= 11 is 0. The van der Waals surface area contributed by atoms with Gasteiger partial charge in [0.25, 0.3) is 0 Å². The first kappa shape index (κ1) is 24.7. The normalized spacial score (nSPS) is 23.8. The van der Waals surface area contributed by atoms with Gasteiger partial charge in [-0.25, -0.2) is 4.79 Å². The lowest BCUT2D eigenvalue weighted by Gasteiger charge is -2.40. The van der Waals surface area contributed by atoms with E-state index in [1.165, 1.54) is 12.8 Å². The smallest absolute Gasteiger partial charge is 0.408 e. The van der Waals surface area contributed by atoms with Crippen LogP contribution in [0.5, 0.6) is 0 Å². The highest BCUT2D eigenvalue weighted by Gasteiger charge is 2.42. The number of hydrogen-bond acceptors (Lipinski definition) is 5. The topological polar surface area (TPSA) is 72.3 Å². The molecule has 0 aliphatic carbocycles. The van der Waals surface area contributed by atoms with Gasteiger partial charge in [-0.1, -0.05) is 44.2 Å². The average Bonchev–Trinajstić information content (AvgIpc) is 3.26. The Morgan fingerprint density at radius 1 is 1.09 bits per heavy atom. The summed E-state index contributed by atoms with van der Waals surface area (Å²) in [5.41, 5.74) is 0.610. The fourth-order valence-electron chi connectivity index (χ4n) is 5.79. The minimum absolute atomic E-state index is 0.0687. The fourth-order valence-corrected chi connectivity index (χ4v) is 5.79. The lowest BCUT2D eigenvalue weighted by Crippen LogP contribution is -2.45. The number of ether oxygens (including phenoxy) is 1. The van der Waals surface area contributed by atoms with Crippen molar-refractivity contribution in [2.45, 2.75) is 109 Å². The highest BCUT2D eigenvalue weighted by atomic mass is 16.6. The average molecular weight is 468 g/mol. The highest BCUT2D eigenvalue weighted by Crippen LogP contribution is 2.42. The molecule has 7 nitrogen and oxygen atoms in total. The molecule has 0 saturated carbocycles. The standard InChI is InChI=1S/C27H41N5O2/c1-18(2)25-30-29-19(3)32(25)23-16-21-12-13-22(17-23)31(21)15-14-24(20-10-8-7-9-11-20)28-26(33)34-27(4,5)6/h7-11,18,21-24H,12-17H2,1-6H3,(H,28,33)/t21-,22-,24-/m0/s1. The Morgan fingerprint density at radius 2 is 1.74 bits per heavy atom. The van der Waals surface area contributed by atoms with Crippen LogP contribution in [0.3, 0.4) is 0 Å². The SMILES string of the molecule is Cc1nnc(C(C)C)n1C1C[C@@H]2CC[C@@H](C1)N2CC[C@H](NC(=O)OC(C)(C)C)c1ccccc1. The van der Waals surface area contributed by atoms with Crippen LogP contribution in [-0.2, 0) is 4.74 Å². The first-order valence-corrected chi connectivity index (χ1v) is 12.8. The number of fused-ring (bicyclic) bond motifs is 2. The van der Waals surface area contributed by atoms with Crippen molar-refractivity contribution in [3.8, 4) is 0 Å². The van der Waals surface area contributed by atoms with Crippen LogP contribution in [0, 0.1) is 6.92 Å². The maximum absolute atomic E-state index is 12.6. The molecule has 3 atom stereocenters. The van der Waals surface area contributed by atoms with Gasteiger partial charge in [0, 0.05) is 30.6 Å². The van der Waals surface area contributed by atoms with Gasteiger partial charge in [0.1, 0.15) is 17.2 Å². The Bertz CT molecular complexity index is 951. The number of nitrogens with one attached hydrogen (secondary N) is 1. The number of aromatic nitrogens is 3. The van der Waals surface area contributed by atoms with E-state index >= 15 is 0 Å². The monoisotopic (exact) mass is 467 g/mol. The molecule has 2 aromatic rings. The van der Waals surface area contributed by atoms with Crippen LogP contribution in [0.1, 0.15) is 102 Å². The van der Waals surface area contributed by atoms with Crippen molar-refractivity contribution >= 4 is 6.09 Å². The number of hydrogen-bond donors (Lipinski definition) is 1. The van der Waals surface area contributed by atoms with Crippen molar-refractivity contribution < 1.29 is 9.53 Å². The molecule has 2 saturated heterocycles. The van der Waals surface area contributed by atoms with Gasteiger partial charge in [-0.05, 0) is 65.4 Å². The number of carbonyl (C=O) groups excluding carboxylic acids is 1. The molecule has 7 heteroatoms. The maximum atomic E-state index is 12.6. The van der Waals surface area contributed by atoms with E-state index in [4.69, 9.17) is 4.74 Å². The number of aryl methyl sites for hydroxylation is 1. The summed E-state index contributed by atoms with van der Waals surface area (Å²) < 4.78 is 7.96. The highest BCUT2D eigenvalue weighted by molar-refractivity contribution is 5.68. The van der Waals surface area contributed by atoms with E-state index in [0.717, 1.165) is 43.0 Å². The maximum Gasteiger partial charge on any atom is 0.408 e. The predicted molar refractivity (Wildman–Crippen MR) is 134 cm³/mol. The Kier molecular flexibility index (Phi) is 7.31. The number of benzene rings is 1. The quantitative estimate of drug-likeness (QED) is 0.579. The second-order valence-corrected chi connectivity index (χ2v) is 11.3. The molecule has 2 aliphatic rings. The molecule has 1 N–H and O–H groups in total. The van der Waals surface area contributed by atoms with Crippen molar-refractivity contribution in [3.05, 3.63) is 47.5 Å². The first-order chi connectivity index (χ1) is 16.1. The van der Waals surface area contributed by atoms with Crippen molar-refractivity contribution in [2.75, 3.05) is 6.54 Å². The van der Waals surface area contributed by atoms with Gasteiger partial charge in [-0.3, -0.25) is 4.90 Å². The van der Waals surface area contributed by atoms with E-state index in [-0.39, 0.29) is 12.1 Å². The number of rotatable bonds is 7. The van der Waals surface area contributed by atoms with Crippen LogP contribution >= 0.6 is 0 Å². The molecule has 4 rings (SSSR count). The van der Waals surface area contributed by atoms with E-state index in [1.54, 1.807) is 0 Å². The van der Waals surface area contributed by atoms with E-state index in [1.807, 2.05) is 39.0 Å². The van der Waals surface area contributed by atoms with Crippen LogP contribution in [0.2, 0.25) is 0 Å². The number of nitrogens with zero attached hydrogens (tertiary/aromatic N) is 4. The Balaban J connectivity index is 1.43. The lowest BCUT2D eigenvalue weighted by atomic mass is 9.95. The molecule has 186 valence electrons. The van der Waals surface area contributed by atoms with E-state index < -0.39 is 5.60 Å². The van der Waals surface area contributed by atoms with E-state index in [9.17, 15) is 4.79 Å². The first-order valence-electron chi connectivity index (χ1n) is 12.8. The molecular formula is C27H41N5O2. The molecule has 34 heavy (non-hydrogen) atoms. The van der Waals surface area contributed by atoms with Crippen LogP contribution in [0.25, 0.3) is 0 Å². The van der Waals surface area contributed by atoms with Crippen LogP contribution < -0.4 is 5.32 Å². The summed E-state index contributed by atoms with van der Waals surface area (Å²) in [6.45, 7) is 13.1. The molecule has 1 aromatic heterocycles. The third kappa shape index (κ3) is 5.62. The summed E-state index contributed by atoms with van der Waals surface area (Å²) in [6, 6.07) is 11.8. The minimum Gasteiger partial charge on any atom is -0.444 e. The van der Waals surface area contributed by atoms with Crippen molar-refractivity contribution in [3.63, 3.8) is 0 Å². The zero-order valence-electron chi connectivity index (χ0n) is 21.6. The summed E-state index contributed by atoms with van der Waals surface area (Å²) in [4.78, 5) is 15.3. The molecule has 0 unspecified atom stereocenters. The number of alkyl carbamates (subject to hydrolysis) is 1. The Morgan fingerprint density at radius 3 is 2.32 bits per heavy atom. The van der Waals surface area contributed by atoms with Crippen LogP contribution in [0.4, 0.5) is 4.79 Å². The molecular weight excluding hydrogens is 426 g/mol. The zero-order valence-corrected chi connectivity index (χ0v) is 21.6. The molecule has 2 aliphatic heterocycles. The molecule has 1 aromatic carbocycles. The molecule has 3 heterocycles. The van der Waals surface area contributed by atoms with Crippen molar-refractivity contribution in [1.29, 1.82) is 0 Å². The summed E-state index contributed by atoms with van der Waals surface area (Å²) in [7, 11) is 0. The number of amides is 1. The fraction of sp³-hybridized carbons (Fsp3) is 0.667. The Labute approximate surface area is 204 Å². The predicted octanol–water partition coefficient (Wildman–Crippen LogP) is 5.53. The molecule has 2 fully saturated rings. The van der Waals surface area contributed by atoms with Gasteiger partial charge in [-0.15, -0.1) is 10.2 Å². The molecule has 1 amide bonds. The third-order valence-electron chi connectivity index (χ3n) is 7.20. The van der Waals surface area contributed by atoms with Crippen molar-refractivity contribution in [1.82, 2.24) is 25.0 Å². The number of piperidine rings is 1. The second-order valence-electron chi connectivity index (χ2n) is 11.3. The van der Waals surface area contributed by atoms with Crippen molar-refractivity contribution in [2.24, 2.45) is 0 Å². The zero-order chi connectivity index (χ0) is 24.5. The summed E-state index contributed by atoms with van der Waals surface area (Å²) in [5, 5.41) is 12.0. The Hall–Kier alpha value is -2.41. The van der Waals surface area contributed by atoms with Crippen LogP contribution in [-0.4, -0.2) is 50.0 Å². The molecule has 2 bridgehead atoms. The van der Waals surface area contributed by atoms with Gasteiger partial charge in [0.15, 0.2) is 0 Å². The summed E-state index contributed by atoms with van der Waals surface area (Å²) in [6.07, 6.45) is 5.29. The van der Waals surface area contributed by atoms with Crippen LogP contribution in [0.15, 0.2) is 30.3 Å².